The molecule has 5 nitrogen and oxygen atoms in total. The molecule has 128 valence electrons. The van der Waals surface area contributed by atoms with E-state index in [0.29, 0.717) is 0 Å². The number of hydrogen-bond acceptors (Lipinski definition) is 4. The predicted molar refractivity (Wildman–Crippen MR) is 99.9 cm³/mol. The third kappa shape index (κ3) is 3.87. The fourth-order valence-electron chi connectivity index (χ4n) is 2.58. The molecular weight excluding hydrogens is 320 g/mol. The number of benzene rings is 1. The highest BCUT2D eigenvalue weighted by molar-refractivity contribution is 7.11. The Bertz CT molecular complexity index is 720. The third-order valence-corrected chi connectivity index (χ3v) is 5.32. The Hall–Kier alpha value is -2.08. The number of urea groups is 1. The van der Waals surface area contributed by atoms with Gasteiger partial charge in [0.2, 0.25) is 0 Å². The van der Waals surface area contributed by atoms with Crippen molar-refractivity contribution in [3.8, 4) is 0 Å². The van der Waals surface area contributed by atoms with Gasteiger partial charge in [-0.05, 0) is 24.6 Å². The van der Waals surface area contributed by atoms with Crippen LogP contribution in [-0.2, 0) is 12.0 Å². The highest BCUT2D eigenvalue weighted by atomic mass is 32.1. The topological polar surface area (TPSA) is 57.3 Å². The Morgan fingerprint density at radius 2 is 2.21 bits per heavy atom. The molecule has 24 heavy (non-hydrogen) atoms. The van der Waals surface area contributed by atoms with E-state index in [1.807, 2.05) is 30.5 Å². The number of hydrogen-bond donors (Lipinski definition) is 2. The summed E-state index contributed by atoms with van der Waals surface area (Å²) in [5.74, 6) is 0. The first-order valence-corrected chi connectivity index (χ1v) is 9.09. The lowest BCUT2D eigenvalue weighted by Crippen LogP contribution is -2.46. The lowest BCUT2D eigenvalue weighted by molar-refractivity contribution is 0.243. The maximum atomic E-state index is 12.0. The van der Waals surface area contributed by atoms with Crippen molar-refractivity contribution in [3.05, 3.63) is 40.3 Å². The van der Waals surface area contributed by atoms with Gasteiger partial charge in [0, 0.05) is 41.0 Å². The largest absolute Gasteiger partial charge is 0.380 e. The van der Waals surface area contributed by atoms with Gasteiger partial charge in [0.05, 0.1) is 11.6 Å². The van der Waals surface area contributed by atoms with E-state index < -0.39 is 0 Å². The number of nitrogens with one attached hydrogen (secondary N) is 2. The summed E-state index contributed by atoms with van der Waals surface area (Å²) in [5.41, 5.74) is 2.03. The minimum Gasteiger partial charge on any atom is -0.380 e. The fraction of sp³-hybridized carbons (Fsp3) is 0.444. The van der Waals surface area contributed by atoms with Crippen molar-refractivity contribution in [1.29, 1.82) is 0 Å². The Balaban J connectivity index is 1.66. The highest BCUT2D eigenvalue weighted by Gasteiger charge is 2.19. The zero-order chi connectivity index (χ0) is 17.2. The van der Waals surface area contributed by atoms with Crippen LogP contribution >= 0.6 is 11.3 Å². The molecule has 2 aromatic rings. The second-order valence-electron chi connectivity index (χ2n) is 7.02. The Morgan fingerprint density at radius 1 is 1.38 bits per heavy atom. The molecule has 0 saturated carbocycles. The standard InChI is InChI=1S/C18H24N4OS/c1-18(2,3)16-21-12-15(24-16)11-20-13-6-4-7-14(10-13)22-9-5-8-19-17(22)23/h4,6-7,10,12,20H,5,8-9,11H2,1-3H3,(H,19,23). The van der Waals surface area contributed by atoms with Gasteiger partial charge in [0.1, 0.15) is 0 Å². The van der Waals surface area contributed by atoms with Crippen LogP contribution in [0.5, 0.6) is 0 Å². The molecule has 2 amide bonds. The van der Waals surface area contributed by atoms with Crippen molar-refractivity contribution in [2.75, 3.05) is 23.3 Å². The van der Waals surface area contributed by atoms with E-state index >= 15 is 0 Å². The predicted octanol–water partition coefficient (Wildman–Crippen LogP) is 3.97. The van der Waals surface area contributed by atoms with Gasteiger partial charge in [-0.1, -0.05) is 26.8 Å². The quantitative estimate of drug-likeness (QED) is 0.882. The van der Waals surface area contributed by atoms with Crippen LogP contribution < -0.4 is 15.5 Å². The van der Waals surface area contributed by atoms with E-state index in [-0.39, 0.29) is 11.4 Å². The first-order valence-electron chi connectivity index (χ1n) is 8.28. The second kappa shape index (κ2) is 6.81. The molecule has 2 N–H and O–H groups in total. The monoisotopic (exact) mass is 344 g/mol. The molecule has 1 aliphatic heterocycles. The summed E-state index contributed by atoms with van der Waals surface area (Å²) in [6.45, 7) is 8.79. The second-order valence-corrected chi connectivity index (χ2v) is 8.14. The maximum absolute atomic E-state index is 12.0. The van der Waals surface area contributed by atoms with E-state index in [1.165, 1.54) is 4.88 Å². The van der Waals surface area contributed by atoms with Gasteiger partial charge in [-0.25, -0.2) is 9.78 Å². The van der Waals surface area contributed by atoms with E-state index in [4.69, 9.17) is 0 Å². The number of carbonyl (C=O) groups excluding carboxylic acids is 1. The molecule has 1 fully saturated rings. The lowest BCUT2D eigenvalue weighted by atomic mass is 9.98. The molecule has 1 saturated heterocycles. The molecule has 2 heterocycles. The number of amides is 2. The summed E-state index contributed by atoms with van der Waals surface area (Å²) in [5, 5.41) is 7.47. The van der Waals surface area contributed by atoms with E-state index in [2.05, 4.69) is 36.4 Å². The molecule has 0 unspecified atom stereocenters. The minimum absolute atomic E-state index is 0.0179. The molecule has 0 bridgehead atoms. The highest BCUT2D eigenvalue weighted by Crippen LogP contribution is 2.27. The molecule has 0 radical (unpaired) electrons. The van der Waals surface area contributed by atoms with Crippen LogP contribution in [0.1, 0.15) is 37.1 Å². The molecule has 0 spiro atoms. The zero-order valence-corrected chi connectivity index (χ0v) is 15.2. The van der Waals surface area contributed by atoms with Gasteiger partial charge in [-0.15, -0.1) is 11.3 Å². The van der Waals surface area contributed by atoms with Crippen LogP contribution in [0.3, 0.4) is 0 Å². The van der Waals surface area contributed by atoms with E-state index in [0.717, 1.165) is 42.4 Å². The van der Waals surface area contributed by atoms with Crippen molar-refractivity contribution < 1.29 is 4.79 Å². The van der Waals surface area contributed by atoms with Crippen LogP contribution in [0, 0.1) is 0 Å². The van der Waals surface area contributed by atoms with Crippen molar-refractivity contribution >= 4 is 28.7 Å². The SMILES string of the molecule is CC(C)(C)c1ncc(CNc2cccc(N3CCCNC3=O)c2)s1. The molecule has 1 aromatic carbocycles. The Kier molecular flexibility index (Phi) is 4.76. The van der Waals surface area contributed by atoms with Gasteiger partial charge in [0.25, 0.3) is 0 Å². The van der Waals surface area contributed by atoms with Crippen LogP contribution in [-0.4, -0.2) is 24.1 Å². The van der Waals surface area contributed by atoms with Gasteiger partial charge < -0.3 is 10.6 Å². The summed E-state index contributed by atoms with van der Waals surface area (Å²) in [6.07, 6.45) is 2.92. The van der Waals surface area contributed by atoms with Crippen molar-refractivity contribution in [2.45, 2.75) is 39.2 Å². The summed E-state index contributed by atoms with van der Waals surface area (Å²) < 4.78 is 0. The molecule has 0 aliphatic carbocycles. The first-order chi connectivity index (χ1) is 11.4. The molecule has 1 aromatic heterocycles. The molecular formula is C18H24N4OS. The van der Waals surface area contributed by atoms with Crippen LogP contribution in [0.15, 0.2) is 30.5 Å². The summed E-state index contributed by atoms with van der Waals surface area (Å²) in [6, 6.07) is 7.98. The van der Waals surface area contributed by atoms with E-state index in [1.54, 1.807) is 16.2 Å². The lowest BCUT2D eigenvalue weighted by Gasteiger charge is -2.27. The average molecular weight is 344 g/mol. The first kappa shape index (κ1) is 16.8. The fourth-order valence-corrected chi connectivity index (χ4v) is 3.49. The average Bonchev–Trinajstić information content (AvgIpc) is 3.03. The molecule has 1 aliphatic rings. The van der Waals surface area contributed by atoms with Gasteiger partial charge in [0.15, 0.2) is 0 Å². The van der Waals surface area contributed by atoms with Crippen molar-refractivity contribution in [1.82, 2.24) is 10.3 Å². The number of rotatable bonds is 4. The number of aromatic nitrogens is 1. The smallest absolute Gasteiger partial charge is 0.321 e. The summed E-state index contributed by atoms with van der Waals surface area (Å²) in [7, 11) is 0. The van der Waals surface area contributed by atoms with Gasteiger partial charge >= 0.3 is 6.03 Å². The zero-order valence-electron chi connectivity index (χ0n) is 14.4. The number of nitrogens with zero attached hydrogens (tertiary/aromatic N) is 2. The van der Waals surface area contributed by atoms with Gasteiger partial charge in [-0.2, -0.15) is 0 Å². The van der Waals surface area contributed by atoms with Crippen molar-refractivity contribution in [2.24, 2.45) is 0 Å². The third-order valence-electron chi connectivity index (χ3n) is 3.90. The Labute approximate surface area is 147 Å². The van der Waals surface area contributed by atoms with Crippen molar-refractivity contribution in [3.63, 3.8) is 0 Å². The summed E-state index contributed by atoms with van der Waals surface area (Å²) >= 11 is 1.74. The maximum Gasteiger partial charge on any atom is 0.321 e. The van der Waals surface area contributed by atoms with E-state index in [9.17, 15) is 4.79 Å². The van der Waals surface area contributed by atoms with Crippen LogP contribution in [0.4, 0.5) is 16.2 Å². The Morgan fingerprint density at radius 3 is 2.92 bits per heavy atom. The van der Waals surface area contributed by atoms with Crippen LogP contribution in [0.2, 0.25) is 0 Å². The van der Waals surface area contributed by atoms with Gasteiger partial charge in [-0.3, -0.25) is 4.90 Å². The number of thiazole rings is 1. The summed E-state index contributed by atoms with van der Waals surface area (Å²) in [4.78, 5) is 19.5. The molecule has 6 heteroatoms. The number of carbonyl (C=O) groups is 1. The molecule has 3 rings (SSSR count). The molecule has 0 atom stereocenters. The minimum atomic E-state index is -0.0179. The number of anilines is 2. The van der Waals surface area contributed by atoms with Crippen LogP contribution in [0.25, 0.3) is 0 Å². The normalized spacial score (nSPS) is 15.3.